The van der Waals surface area contributed by atoms with E-state index < -0.39 is 53.7 Å². The molecule has 3 saturated heterocycles. The van der Waals surface area contributed by atoms with Crippen LogP contribution in [0.1, 0.15) is 84.8 Å². The van der Waals surface area contributed by atoms with Crippen LogP contribution in [0.5, 0.6) is 0 Å². The molecular weight excluding hydrogens is 690 g/mol. The second-order valence-corrected chi connectivity index (χ2v) is 15.1. The molecule has 3 fully saturated rings. The Labute approximate surface area is 299 Å². The maximum absolute atomic E-state index is 14.8. The van der Waals surface area contributed by atoms with E-state index in [9.17, 15) is 24.3 Å². The molecule has 2 N–H and O–H groups in total. The number of hydrogen-bond acceptors (Lipinski definition) is 7. The summed E-state index contributed by atoms with van der Waals surface area (Å²) in [6, 6.07) is 6.76. The van der Waals surface area contributed by atoms with Crippen molar-refractivity contribution < 1.29 is 33.8 Å². The monoisotopic (exact) mass is 743 g/mol. The highest BCUT2D eigenvalue weighted by atomic mass is 79.9. The first kappa shape index (κ1) is 38.8. The molecule has 3 heterocycles. The first-order valence-electron chi connectivity index (χ1n) is 17.7. The number of ether oxygens (including phenoxy) is 2. The minimum atomic E-state index is -1.31. The van der Waals surface area contributed by atoms with Gasteiger partial charge in [0, 0.05) is 23.8 Å². The van der Waals surface area contributed by atoms with E-state index in [2.05, 4.69) is 41.3 Å². The molecule has 0 aliphatic carbocycles. The number of rotatable bonds is 18. The summed E-state index contributed by atoms with van der Waals surface area (Å²) in [7, 11) is 0. The van der Waals surface area contributed by atoms with Crippen molar-refractivity contribution in [3.05, 3.63) is 61.2 Å². The highest BCUT2D eigenvalue weighted by molar-refractivity contribution is 9.09. The fraction of sp³-hybridized carbons (Fsp3) is 0.632. The average molecular weight is 745 g/mol. The van der Waals surface area contributed by atoms with Crippen molar-refractivity contribution in [1.82, 2.24) is 15.1 Å². The van der Waals surface area contributed by atoms with Crippen molar-refractivity contribution >= 4 is 39.6 Å². The molecular formula is C38H54BrN3O7. The predicted molar refractivity (Wildman–Crippen MR) is 191 cm³/mol. The molecule has 0 saturated carbocycles. The van der Waals surface area contributed by atoms with Crippen LogP contribution in [0.2, 0.25) is 0 Å². The van der Waals surface area contributed by atoms with Crippen LogP contribution in [0.15, 0.2) is 55.6 Å². The lowest BCUT2D eigenvalue weighted by Crippen LogP contribution is -2.61. The predicted octanol–water partition coefficient (Wildman–Crippen LogP) is 5.10. The molecule has 0 radical (unpaired) electrons. The van der Waals surface area contributed by atoms with Crippen LogP contribution < -0.4 is 5.32 Å². The van der Waals surface area contributed by atoms with Crippen LogP contribution in [0.25, 0.3) is 0 Å². The fourth-order valence-electron chi connectivity index (χ4n) is 8.08. The maximum Gasteiger partial charge on any atom is 0.313 e. The molecule has 49 heavy (non-hydrogen) atoms. The molecule has 2 bridgehead atoms. The van der Waals surface area contributed by atoms with Gasteiger partial charge in [-0.25, -0.2) is 0 Å². The van der Waals surface area contributed by atoms with Crippen LogP contribution >= 0.6 is 15.9 Å². The lowest BCUT2D eigenvalue weighted by atomic mass is 9.70. The minimum absolute atomic E-state index is 0.129. The third kappa shape index (κ3) is 7.54. The van der Waals surface area contributed by atoms with Gasteiger partial charge < -0.3 is 29.7 Å². The number of carbonyl (C=O) groups is 4. The van der Waals surface area contributed by atoms with Gasteiger partial charge in [-0.1, -0.05) is 92.0 Å². The first-order valence-corrected chi connectivity index (χ1v) is 18.7. The quantitative estimate of drug-likeness (QED) is 0.122. The van der Waals surface area contributed by atoms with Gasteiger partial charge in [0.05, 0.1) is 36.6 Å². The topological polar surface area (TPSA) is 125 Å². The van der Waals surface area contributed by atoms with Crippen molar-refractivity contribution in [3.8, 4) is 0 Å². The zero-order valence-electron chi connectivity index (χ0n) is 29.6. The van der Waals surface area contributed by atoms with E-state index in [1.807, 2.05) is 51.1 Å². The molecule has 10 nitrogen and oxygen atoms in total. The Morgan fingerprint density at radius 3 is 2.47 bits per heavy atom. The number of fused-ring (bicyclic) bond motifs is 1. The van der Waals surface area contributed by atoms with Gasteiger partial charge >= 0.3 is 5.97 Å². The second kappa shape index (κ2) is 16.8. The molecule has 270 valence electrons. The number of aliphatic hydroxyl groups is 1. The summed E-state index contributed by atoms with van der Waals surface area (Å²) in [6.45, 7) is 17.3. The van der Waals surface area contributed by atoms with Crippen LogP contribution in [-0.2, 0) is 28.7 Å². The summed E-state index contributed by atoms with van der Waals surface area (Å²) >= 11 is 3.75. The molecule has 0 aromatic heterocycles. The molecule has 1 aromatic carbocycles. The molecule has 1 aromatic rings. The Bertz CT molecular complexity index is 1360. The number of likely N-dealkylation sites (tertiary alicyclic amines) is 1. The number of benzene rings is 1. The highest BCUT2D eigenvalue weighted by Crippen LogP contribution is 2.61. The van der Waals surface area contributed by atoms with Gasteiger partial charge in [0.15, 0.2) is 0 Å². The number of hydrogen-bond donors (Lipinski definition) is 2. The molecule has 3 aliphatic heterocycles. The molecule has 11 atom stereocenters. The fourth-order valence-corrected chi connectivity index (χ4v) is 9.03. The molecule has 1 spiro atoms. The highest BCUT2D eigenvalue weighted by Gasteiger charge is 2.78. The minimum Gasteiger partial charge on any atom is -0.455 e. The lowest BCUT2D eigenvalue weighted by molar-refractivity contribution is -0.163. The zero-order chi connectivity index (χ0) is 36.0. The van der Waals surface area contributed by atoms with E-state index in [-0.39, 0.29) is 54.1 Å². The zero-order valence-corrected chi connectivity index (χ0v) is 31.1. The molecule has 3 aliphatic rings. The Hall–Kier alpha value is -3.02. The summed E-state index contributed by atoms with van der Waals surface area (Å²) < 4.78 is 13.0. The van der Waals surface area contributed by atoms with Crippen LogP contribution in [0.4, 0.5) is 0 Å². The van der Waals surface area contributed by atoms with E-state index in [0.717, 1.165) is 12.8 Å². The maximum atomic E-state index is 14.8. The van der Waals surface area contributed by atoms with Gasteiger partial charge in [0.1, 0.15) is 17.7 Å². The molecule has 11 heteroatoms. The van der Waals surface area contributed by atoms with Gasteiger partial charge in [-0.05, 0) is 44.6 Å². The molecule has 3 amide bonds. The summed E-state index contributed by atoms with van der Waals surface area (Å²) in [4.78, 5) is 59.7. The number of amides is 3. The van der Waals surface area contributed by atoms with Gasteiger partial charge in [0.2, 0.25) is 17.7 Å². The molecule has 2 unspecified atom stereocenters. The number of aliphatic hydroxyl groups excluding tert-OH is 1. The number of alkyl halides is 1. The third-order valence-corrected chi connectivity index (χ3v) is 11.6. The number of esters is 1. The lowest BCUT2D eigenvalue weighted by Gasteiger charge is -2.42. The van der Waals surface area contributed by atoms with Crippen molar-refractivity contribution in [2.24, 2.45) is 17.8 Å². The largest absolute Gasteiger partial charge is 0.455 e. The Balaban J connectivity index is 1.76. The number of nitrogens with zero attached hydrogens (tertiary/aromatic N) is 2. The smallest absolute Gasteiger partial charge is 0.313 e. The third-order valence-electron chi connectivity index (χ3n) is 10.7. The van der Waals surface area contributed by atoms with Crippen molar-refractivity contribution in [2.45, 2.75) is 120 Å². The normalized spacial score (nSPS) is 28.6. The number of allylic oxidation sites excluding steroid dienone is 1. The van der Waals surface area contributed by atoms with Gasteiger partial charge in [-0.2, -0.15) is 0 Å². The summed E-state index contributed by atoms with van der Waals surface area (Å²) in [5, 5.41) is 13.7. The molecule has 4 rings (SSSR count). The van der Waals surface area contributed by atoms with Crippen molar-refractivity contribution in [1.29, 1.82) is 0 Å². The number of carbonyl (C=O) groups excluding carboxylic acids is 4. The van der Waals surface area contributed by atoms with Crippen LogP contribution in [-0.4, -0.2) is 92.4 Å². The first-order chi connectivity index (χ1) is 23.4. The van der Waals surface area contributed by atoms with E-state index in [4.69, 9.17) is 9.47 Å². The second-order valence-electron chi connectivity index (χ2n) is 13.9. The summed E-state index contributed by atoms with van der Waals surface area (Å²) in [5.74, 6) is -3.62. The van der Waals surface area contributed by atoms with E-state index in [1.54, 1.807) is 24.0 Å². The summed E-state index contributed by atoms with van der Waals surface area (Å²) in [6.07, 6.45) is 5.17. The average Bonchev–Trinajstić information content (AvgIpc) is 3.68. The van der Waals surface area contributed by atoms with Crippen molar-refractivity contribution in [3.63, 3.8) is 0 Å². The van der Waals surface area contributed by atoms with Gasteiger partial charge in [-0.15, -0.1) is 13.2 Å². The number of nitrogens with one attached hydrogen (secondary N) is 1. The Morgan fingerprint density at radius 2 is 1.88 bits per heavy atom. The van der Waals surface area contributed by atoms with Gasteiger partial charge in [0.25, 0.3) is 0 Å². The Kier molecular flexibility index (Phi) is 13.3. The van der Waals surface area contributed by atoms with E-state index in [0.29, 0.717) is 24.8 Å². The van der Waals surface area contributed by atoms with Gasteiger partial charge in [-0.3, -0.25) is 19.2 Å². The SMILES string of the molecule is C=CCCC(=O)N[C@@H](C)[C@H](OC(=O)[C@@H]1[C@H]2O[C@@]3(CC2Br)[C@H](C(=O)N(CC=C)C(C)CCC)N([C@@H](CO)[C@@H](C)CC)C(=O)[C@@H]13)c1ccccc1. The van der Waals surface area contributed by atoms with Crippen LogP contribution in [0, 0.1) is 17.8 Å². The Morgan fingerprint density at radius 1 is 1.18 bits per heavy atom. The van der Waals surface area contributed by atoms with E-state index in [1.165, 1.54) is 4.90 Å². The van der Waals surface area contributed by atoms with E-state index >= 15 is 0 Å². The standard InChI is InChI=1S/C38H54BrN3O7/c1-8-12-19-29(44)40-25(7)32(26-17-14-13-15-18-26)48-37(47)30-31-35(45)42(28(22-43)23(5)11-4)34(38(31)21-27(39)33(30)49-38)36(46)41(20-10-3)24(6)16-9-2/h8,10,13-15,17-18,23-25,27-28,30-34,43H,1,3,9,11-12,16,19-22H2,2,4-7H3,(H,40,44)/t23-,24?,25-,27?,28-,30-,31+,32-,33-,34-,38+/m0/s1. The number of halogens is 1. The summed E-state index contributed by atoms with van der Waals surface area (Å²) in [5.41, 5.74) is -0.619. The van der Waals surface area contributed by atoms with Crippen LogP contribution in [0.3, 0.4) is 0 Å². The van der Waals surface area contributed by atoms with Crippen molar-refractivity contribution in [2.75, 3.05) is 13.2 Å².